The van der Waals surface area contributed by atoms with E-state index in [4.69, 9.17) is 10.5 Å². The van der Waals surface area contributed by atoms with Crippen LogP contribution in [0.25, 0.3) is 0 Å². The van der Waals surface area contributed by atoms with Crippen LogP contribution in [0.2, 0.25) is 0 Å². The van der Waals surface area contributed by atoms with Crippen LogP contribution in [0.15, 0.2) is 18.3 Å². The second-order valence-corrected chi connectivity index (χ2v) is 3.70. The Labute approximate surface area is 94.2 Å². The Morgan fingerprint density at radius 1 is 1.56 bits per heavy atom. The molecule has 1 amide bonds. The number of hydrogen-bond donors (Lipinski definition) is 1. The van der Waals surface area contributed by atoms with Gasteiger partial charge in [-0.15, -0.1) is 0 Å². The van der Waals surface area contributed by atoms with Crippen LogP contribution in [0.5, 0.6) is 0 Å². The van der Waals surface area contributed by atoms with E-state index in [1.165, 1.54) is 0 Å². The van der Waals surface area contributed by atoms with Gasteiger partial charge in [-0.3, -0.25) is 4.98 Å². The molecule has 1 aromatic heterocycles. The fraction of sp³-hybridized carbons (Fsp3) is 0.455. The van der Waals surface area contributed by atoms with Crippen LogP contribution in [0.3, 0.4) is 0 Å². The maximum Gasteiger partial charge on any atom is 0.410 e. The summed E-state index contributed by atoms with van der Waals surface area (Å²) in [4.78, 5) is 17.3. The molecular formula is C11H15N3O2. The number of aromatic nitrogens is 1. The van der Waals surface area contributed by atoms with Gasteiger partial charge in [-0.05, 0) is 18.1 Å². The van der Waals surface area contributed by atoms with Crippen molar-refractivity contribution in [3.05, 3.63) is 29.6 Å². The summed E-state index contributed by atoms with van der Waals surface area (Å²) >= 11 is 0. The first-order chi connectivity index (χ1) is 7.81. The molecule has 2 rings (SSSR count). The third kappa shape index (κ3) is 2.30. The van der Waals surface area contributed by atoms with Gasteiger partial charge in [0, 0.05) is 19.3 Å². The van der Waals surface area contributed by atoms with Gasteiger partial charge < -0.3 is 15.4 Å². The van der Waals surface area contributed by atoms with E-state index in [9.17, 15) is 4.79 Å². The fourth-order valence-corrected chi connectivity index (χ4v) is 1.72. The Hall–Kier alpha value is -1.62. The monoisotopic (exact) mass is 221 g/mol. The third-order valence-electron chi connectivity index (χ3n) is 2.60. The Balaban J connectivity index is 2.10. The van der Waals surface area contributed by atoms with Gasteiger partial charge in [-0.2, -0.15) is 0 Å². The van der Waals surface area contributed by atoms with E-state index in [2.05, 4.69) is 4.98 Å². The van der Waals surface area contributed by atoms with Crippen molar-refractivity contribution in [2.45, 2.75) is 19.5 Å². The predicted octanol–water partition coefficient (Wildman–Crippen LogP) is 0.883. The first-order valence-corrected chi connectivity index (χ1v) is 5.36. The average Bonchev–Trinajstić information content (AvgIpc) is 2.33. The van der Waals surface area contributed by atoms with E-state index in [0.717, 1.165) is 24.2 Å². The Morgan fingerprint density at radius 3 is 3.19 bits per heavy atom. The molecule has 0 aliphatic carbocycles. The minimum atomic E-state index is -0.264. The lowest BCUT2D eigenvalue weighted by molar-refractivity contribution is 0.0694. The summed E-state index contributed by atoms with van der Waals surface area (Å²) < 4.78 is 4.96. The molecule has 5 nitrogen and oxygen atoms in total. The maximum absolute atomic E-state index is 11.4. The van der Waals surface area contributed by atoms with E-state index in [1.54, 1.807) is 11.1 Å². The Bertz CT molecular complexity index is 381. The summed E-state index contributed by atoms with van der Waals surface area (Å²) in [7, 11) is 0. The van der Waals surface area contributed by atoms with Crippen molar-refractivity contribution in [2.24, 2.45) is 5.73 Å². The molecule has 2 heterocycles. The number of carbonyl (C=O) groups is 1. The number of pyridine rings is 1. The van der Waals surface area contributed by atoms with Gasteiger partial charge in [0.15, 0.2) is 0 Å². The lowest BCUT2D eigenvalue weighted by atomic mass is 10.2. The summed E-state index contributed by atoms with van der Waals surface area (Å²) in [6.07, 6.45) is 2.32. The SMILES string of the molecule is NCc1cccnc1CN1CCCOC1=O. The molecule has 0 atom stereocenters. The molecule has 5 heteroatoms. The second-order valence-electron chi connectivity index (χ2n) is 3.70. The fourth-order valence-electron chi connectivity index (χ4n) is 1.72. The molecule has 16 heavy (non-hydrogen) atoms. The van der Waals surface area contributed by atoms with Gasteiger partial charge in [0.1, 0.15) is 0 Å². The van der Waals surface area contributed by atoms with E-state index < -0.39 is 0 Å². The molecule has 1 aromatic rings. The van der Waals surface area contributed by atoms with Crippen LogP contribution in [0.4, 0.5) is 4.79 Å². The maximum atomic E-state index is 11.4. The van der Waals surface area contributed by atoms with Crippen molar-refractivity contribution in [1.82, 2.24) is 9.88 Å². The summed E-state index contributed by atoms with van der Waals surface area (Å²) in [5, 5.41) is 0. The molecule has 1 aliphatic heterocycles. The minimum Gasteiger partial charge on any atom is -0.449 e. The van der Waals surface area contributed by atoms with Gasteiger partial charge >= 0.3 is 6.09 Å². The standard InChI is InChI=1S/C11H15N3O2/c12-7-9-3-1-4-13-10(9)8-14-5-2-6-16-11(14)15/h1,3-4H,2,5-8,12H2. The molecule has 1 aliphatic rings. The predicted molar refractivity (Wildman–Crippen MR) is 58.5 cm³/mol. The van der Waals surface area contributed by atoms with Crippen molar-refractivity contribution in [2.75, 3.05) is 13.2 Å². The summed E-state index contributed by atoms with van der Waals surface area (Å²) in [6, 6.07) is 3.78. The van der Waals surface area contributed by atoms with Gasteiger partial charge in [0.05, 0.1) is 18.8 Å². The lowest BCUT2D eigenvalue weighted by Crippen LogP contribution is -2.37. The molecule has 0 aromatic carbocycles. The van der Waals surface area contributed by atoms with E-state index in [0.29, 0.717) is 19.7 Å². The highest BCUT2D eigenvalue weighted by Crippen LogP contribution is 2.12. The molecule has 0 spiro atoms. The average molecular weight is 221 g/mol. The number of rotatable bonds is 3. The number of nitrogens with two attached hydrogens (primary N) is 1. The third-order valence-corrected chi connectivity index (χ3v) is 2.60. The van der Waals surface area contributed by atoms with Crippen LogP contribution >= 0.6 is 0 Å². The molecular weight excluding hydrogens is 206 g/mol. The van der Waals surface area contributed by atoms with Crippen LogP contribution in [0.1, 0.15) is 17.7 Å². The van der Waals surface area contributed by atoms with E-state index >= 15 is 0 Å². The molecule has 1 saturated heterocycles. The van der Waals surface area contributed by atoms with Crippen LogP contribution < -0.4 is 5.73 Å². The topological polar surface area (TPSA) is 68.4 Å². The van der Waals surface area contributed by atoms with Crippen LogP contribution in [-0.2, 0) is 17.8 Å². The highest BCUT2D eigenvalue weighted by molar-refractivity contribution is 5.68. The van der Waals surface area contributed by atoms with Gasteiger partial charge in [0.2, 0.25) is 0 Å². The zero-order chi connectivity index (χ0) is 11.4. The highest BCUT2D eigenvalue weighted by atomic mass is 16.6. The first-order valence-electron chi connectivity index (χ1n) is 5.36. The zero-order valence-corrected chi connectivity index (χ0v) is 9.06. The van der Waals surface area contributed by atoms with Gasteiger partial charge in [-0.25, -0.2) is 4.79 Å². The Kier molecular flexibility index (Phi) is 3.36. The van der Waals surface area contributed by atoms with Crippen LogP contribution in [0, 0.1) is 0 Å². The summed E-state index contributed by atoms with van der Waals surface area (Å²) in [5.41, 5.74) is 7.44. The molecule has 86 valence electrons. The van der Waals surface area contributed by atoms with Gasteiger partial charge in [-0.1, -0.05) is 6.07 Å². The number of nitrogens with zero attached hydrogens (tertiary/aromatic N) is 2. The van der Waals surface area contributed by atoms with Gasteiger partial charge in [0.25, 0.3) is 0 Å². The summed E-state index contributed by atoms with van der Waals surface area (Å²) in [6.45, 7) is 2.15. The number of hydrogen-bond acceptors (Lipinski definition) is 4. The normalized spacial score (nSPS) is 16.1. The van der Waals surface area contributed by atoms with Crippen molar-refractivity contribution in [3.8, 4) is 0 Å². The molecule has 0 radical (unpaired) electrons. The highest BCUT2D eigenvalue weighted by Gasteiger charge is 2.20. The van der Waals surface area contributed by atoms with E-state index in [1.807, 2.05) is 12.1 Å². The molecule has 0 unspecified atom stereocenters. The molecule has 1 fully saturated rings. The Morgan fingerprint density at radius 2 is 2.44 bits per heavy atom. The van der Waals surface area contributed by atoms with Crippen LogP contribution in [-0.4, -0.2) is 29.1 Å². The van der Waals surface area contributed by atoms with Crippen molar-refractivity contribution in [3.63, 3.8) is 0 Å². The molecule has 0 saturated carbocycles. The van der Waals surface area contributed by atoms with E-state index in [-0.39, 0.29) is 6.09 Å². The van der Waals surface area contributed by atoms with Crippen molar-refractivity contribution < 1.29 is 9.53 Å². The number of amides is 1. The zero-order valence-electron chi connectivity index (χ0n) is 9.06. The van der Waals surface area contributed by atoms with Crippen molar-refractivity contribution in [1.29, 1.82) is 0 Å². The lowest BCUT2D eigenvalue weighted by Gasteiger charge is -2.26. The number of ether oxygens (including phenoxy) is 1. The molecule has 0 bridgehead atoms. The number of cyclic esters (lactones) is 1. The minimum absolute atomic E-state index is 0.264. The smallest absolute Gasteiger partial charge is 0.410 e. The number of carbonyl (C=O) groups excluding carboxylic acids is 1. The quantitative estimate of drug-likeness (QED) is 0.822. The largest absolute Gasteiger partial charge is 0.449 e. The first kappa shape index (κ1) is 10.9. The second kappa shape index (κ2) is 4.94. The molecule has 2 N–H and O–H groups in total. The summed E-state index contributed by atoms with van der Waals surface area (Å²) in [5.74, 6) is 0. The van der Waals surface area contributed by atoms with Crippen molar-refractivity contribution >= 4 is 6.09 Å².